The first kappa shape index (κ1) is 19.9. The zero-order chi connectivity index (χ0) is 20.8. The Morgan fingerprint density at radius 2 is 1.76 bits per heavy atom. The molecule has 0 saturated heterocycles. The Morgan fingerprint density at radius 1 is 1.07 bits per heavy atom. The summed E-state index contributed by atoms with van der Waals surface area (Å²) in [4.78, 5) is 14.0. The van der Waals surface area contributed by atoms with Crippen molar-refractivity contribution in [1.29, 1.82) is 0 Å². The highest BCUT2D eigenvalue weighted by Gasteiger charge is 2.15. The highest BCUT2D eigenvalue weighted by molar-refractivity contribution is 6.02. The lowest BCUT2D eigenvalue weighted by Gasteiger charge is -2.14. The van der Waals surface area contributed by atoms with E-state index >= 15 is 0 Å². The van der Waals surface area contributed by atoms with E-state index < -0.39 is 5.97 Å². The number of ether oxygens (including phenoxy) is 1. The van der Waals surface area contributed by atoms with E-state index in [0.29, 0.717) is 17.9 Å². The molecule has 3 aromatic carbocycles. The Morgan fingerprint density at radius 3 is 2.48 bits per heavy atom. The van der Waals surface area contributed by atoms with Crippen molar-refractivity contribution in [3.63, 3.8) is 0 Å². The SMILES string of the molecule is C=CC(=O)O.CCOc1cccc(O)c1-c1cccc2nc3ccccc3cc12. The number of aliphatic carboxylic acids is 1. The number of phenolic OH excluding ortho intramolecular Hbond substituents is 1. The number of aromatic nitrogens is 1. The zero-order valence-electron chi connectivity index (χ0n) is 16.0. The molecule has 0 saturated carbocycles. The number of carboxylic acid groups (broad SMARTS) is 1. The van der Waals surface area contributed by atoms with E-state index in [0.717, 1.165) is 33.4 Å². The van der Waals surface area contributed by atoms with Crippen molar-refractivity contribution >= 4 is 27.8 Å². The van der Waals surface area contributed by atoms with Crippen LogP contribution in [0.5, 0.6) is 11.5 Å². The summed E-state index contributed by atoms with van der Waals surface area (Å²) in [5.41, 5.74) is 3.50. The van der Waals surface area contributed by atoms with E-state index in [1.807, 2.05) is 55.5 Å². The zero-order valence-corrected chi connectivity index (χ0v) is 16.0. The van der Waals surface area contributed by atoms with Gasteiger partial charge < -0.3 is 14.9 Å². The number of para-hydroxylation sites is 1. The fraction of sp³-hybridized carbons (Fsp3) is 0.0833. The number of carbonyl (C=O) groups is 1. The number of hydrogen-bond acceptors (Lipinski definition) is 4. The molecular weight excluding hydrogens is 366 g/mol. The molecule has 4 aromatic rings. The number of phenols is 1. The van der Waals surface area contributed by atoms with Gasteiger partial charge in [0.15, 0.2) is 0 Å². The van der Waals surface area contributed by atoms with Crippen LogP contribution in [-0.2, 0) is 4.79 Å². The maximum Gasteiger partial charge on any atom is 0.327 e. The molecule has 1 heterocycles. The molecule has 29 heavy (non-hydrogen) atoms. The first-order valence-electron chi connectivity index (χ1n) is 9.14. The number of aromatic hydroxyl groups is 1. The number of fused-ring (bicyclic) bond motifs is 2. The summed E-state index contributed by atoms with van der Waals surface area (Å²) in [6.45, 7) is 5.44. The quantitative estimate of drug-likeness (QED) is 0.361. The van der Waals surface area contributed by atoms with Crippen LogP contribution < -0.4 is 4.74 Å². The van der Waals surface area contributed by atoms with Crippen LogP contribution in [0.25, 0.3) is 32.9 Å². The summed E-state index contributed by atoms with van der Waals surface area (Å²) in [5.74, 6) is -0.0928. The number of hydrogen-bond donors (Lipinski definition) is 2. The predicted octanol–water partition coefficient (Wildman–Crippen LogP) is 5.42. The smallest absolute Gasteiger partial charge is 0.327 e. The molecule has 0 fully saturated rings. The van der Waals surface area contributed by atoms with Gasteiger partial charge in [-0.25, -0.2) is 9.78 Å². The number of benzene rings is 3. The Hall–Kier alpha value is -3.86. The monoisotopic (exact) mass is 387 g/mol. The standard InChI is InChI=1S/C21H17NO2.C3H4O2/c1-2-24-20-12-6-11-19(23)21(20)15-8-5-10-18-16(15)13-14-7-3-4-9-17(14)22-18;1-2-3(4)5/h3-13,23H,2H2,1H3;2H,1H2,(H,4,5). The van der Waals surface area contributed by atoms with Gasteiger partial charge in [-0.15, -0.1) is 0 Å². The van der Waals surface area contributed by atoms with Gasteiger partial charge in [0.05, 0.1) is 23.2 Å². The number of pyridine rings is 1. The second-order valence-electron chi connectivity index (χ2n) is 6.18. The normalized spacial score (nSPS) is 10.2. The molecule has 0 atom stereocenters. The molecule has 4 rings (SSSR count). The largest absolute Gasteiger partial charge is 0.507 e. The van der Waals surface area contributed by atoms with Crippen molar-refractivity contribution in [1.82, 2.24) is 4.98 Å². The van der Waals surface area contributed by atoms with Gasteiger partial charge in [0.25, 0.3) is 0 Å². The minimum absolute atomic E-state index is 0.210. The summed E-state index contributed by atoms with van der Waals surface area (Å²) in [7, 11) is 0. The molecule has 0 radical (unpaired) electrons. The maximum absolute atomic E-state index is 10.4. The first-order valence-corrected chi connectivity index (χ1v) is 9.14. The minimum Gasteiger partial charge on any atom is -0.507 e. The molecule has 0 bridgehead atoms. The van der Waals surface area contributed by atoms with Gasteiger partial charge in [-0.05, 0) is 42.8 Å². The highest BCUT2D eigenvalue weighted by Crippen LogP contribution is 2.41. The van der Waals surface area contributed by atoms with Crippen molar-refractivity contribution in [3.8, 4) is 22.6 Å². The van der Waals surface area contributed by atoms with Gasteiger partial charge in [0.2, 0.25) is 0 Å². The highest BCUT2D eigenvalue weighted by atomic mass is 16.5. The molecule has 2 N–H and O–H groups in total. The molecule has 5 nitrogen and oxygen atoms in total. The first-order chi connectivity index (χ1) is 14.0. The Balaban J connectivity index is 0.000000431. The Kier molecular flexibility index (Phi) is 6.09. The molecule has 1 aromatic heterocycles. The lowest BCUT2D eigenvalue weighted by atomic mass is 9.97. The molecule has 0 spiro atoms. The van der Waals surface area contributed by atoms with Crippen LogP contribution in [-0.4, -0.2) is 27.8 Å². The molecule has 146 valence electrons. The van der Waals surface area contributed by atoms with Gasteiger partial charge in [-0.3, -0.25) is 0 Å². The van der Waals surface area contributed by atoms with Gasteiger partial charge >= 0.3 is 5.97 Å². The lowest BCUT2D eigenvalue weighted by molar-refractivity contribution is -0.131. The third kappa shape index (κ3) is 4.35. The molecule has 0 aliphatic heterocycles. The van der Waals surface area contributed by atoms with E-state index in [-0.39, 0.29) is 5.75 Å². The third-order valence-electron chi connectivity index (χ3n) is 4.31. The van der Waals surface area contributed by atoms with E-state index in [1.54, 1.807) is 12.1 Å². The Bertz CT molecular complexity index is 1180. The molecular formula is C24H21NO4. The lowest BCUT2D eigenvalue weighted by Crippen LogP contribution is -1.95. The summed E-state index contributed by atoms with van der Waals surface area (Å²) in [5, 5.41) is 20.1. The second-order valence-corrected chi connectivity index (χ2v) is 6.18. The van der Waals surface area contributed by atoms with Gasteiger partial charge in [0, 0.05) is 16.8 Å². The van der Waals surface area contributed by atoms with Crippen LogP contribution in [0, 0.1) is 0 Å². The number of carboxylic acids is 1. The average Bonchev–Trinajstić information content (AvgIpc) is 2.73. The Labute approximate surface area is 168 Å². The molecule has 0 unspecified atom stereocenters. The van der Waals surface area contributed by atoms with Crippen molar-refractivity contribution in [3.05, 3.63) is 79.4 Å². The van der Waals surface area contributed by atoms with Crippen LogP contribution in [0.2, 0.25) is 0 Å². The molecule has 5 heteroatoms. The van der Waals surface area contributed by atoms with Gasteiger partial charge in [-0.1, -0.05) is 43.0 Å². The van der Waals surface area contributed by atoms with Gasteiger partial charge in [0.1, 0.15) is 11.5 Å². The van der Waals surface area contributed by atoms with Crippen molar-refractivity contribution < 1.29 is 19.7 Å². The molecule has 0 aliphatic rings. The van der Waals surface area contributed by atoms with Crippen LogP contribution in [0.15, 0.2) is 79.4 Å². The van der Waals surface area contributed by atoms with Crippen LogP contribution >= 0.6 is 0 Å². The summed E-state index contributed by atoms with van der Waals surface area (Å²) in [6, 6.07) is 21.5. The second kappa shape index (κ2) is 8.89. The summed E-state index contributed by atoms with van der Waals surface area (Å²) in [6.07, 6.45) is 0.833. The van der Waals surface area contributed by atoms with Crippen LogP contribution in [0.3, 0.4) is 0 Å². The van der Waals surface area contributed by atoms with Crippen LogP contribution in [0.1, 0.15) is 6.92 Å². The third-order valence-corrected chi connectivity index (χ3v) is 4.31. The topological polar surface area (TPSA) is 79.7 Å². The summed E-state index contributed by atoms with van der Waals surface area (Å²) < 4.78 is 5.73. The van der Waals surface area contributed by atoms with E-state index in [4.69, 9.17) is 14.8 Å². The van der Waals surface area contributed by atoms with Crippen molar-refractivity contribution in [2.75, 3.05) is 6.61 Å². The predicted molar refractivity (Wildman–Crippen MR) is 115 cm³/mol. The fourth-order valence-electron chi connectivity index (χ4n) is 3.08. The fourth-order valence-corrected chi connectivity index (χ4v) is 3.08. The van der Waals surface area contributed by atoms with Crippen molar-refractivity contribution in [2.45, 2.75) is 6.92 Å². The number of nitrogens with zero attached hydrogens (tertiary/aromatic N) is 1. The van der Waals surface area contributed by atoms with Crippen molar-refractivity contribution in [2.24, 2.45) is 0 Å². The van der Waals surface area contributed by atoms with Crippen LogP contribution in [0.4, 0.5) is 0 Å². The van der Waals surface area contributed by atoms with Gasteiger partial charge in [-0.2, -0.15) is 0 Å². The number of rotatable bonds is 4. The molecule has 0 aliphatic carbocycles. The minimum atomic E-state index is -0.981. The van der Waals surface area contributed by atoms with E-state index in [9.17, 15) is 9.90 Å². The van der Waals surface area contributed by atoms with E-state index in [1.165, 1.54) is 0 Å². The van der Waals surface area contributed by atoms with E-state index in [2.05, 4.69) is 12.6 Å². The molecule has 0 amide bonds. The average molecular weight is 387 g/mol. The summed E-state index contributed by atoms with van der Waals surface area (Å²) >= 11 is 0. The maximum atomic E-state index is 10.4.